The molecule has 2 rings (SSSR count). The second-order valence-corrected chi connectivity index (χ2v) is 10.1. The molecule has 0 aliphatic heterocycles. The fourth-order valence-electron chi connectivity index (χ4n) is 2.94. The van der Waals surface area contributed by atoms with E-state index in [2.05, 4.69) is 15.6 Å². The zero-order chi connectivity index (χ0) is 25.6. The summed E-state index contributed by atoms with van der Waals surface area (Å²) in [5.41, 5.74) is 4.10. The number of rotatable bonds is 8. The van der Waals surface area contributed by atoms with Gasteiger partial charge in [-0.05, 0) is 60.8 Å². The maximum Gasteiger partial charge on any atom is 0.343 e. The summed E-state index contributed by atoms with van der Waals surface area (Å²) >= 11 is 0. The van der Waals surface area contributed by atoms with Gasteiger partial charge in [-0.1, -0.05) is 35.5 Å². The van der Waals surface area contributed by atoms with Gasteiger partial charge in [0.25, 0.3) is 0 Å². The molecular weight excluding hydrogens is 438 g/mol. The van der Waals surface area contributed by atoms with Gasteiger partial charge in [0.1, 0.15) is 16.9 Å². The van der Waals surface area contributed by atoms with Gasteiger partial charge >= 0.3 is 18.0 Å². The highest BCUT2D eigenvalue weighted by atomic mass is 16.6. The number of carbonyl (C=O) groups excluding carboxylic acids is 3. The molecule has 0 bridgehead atoms. The highest BCUT2D eigenvalue weighted by Gasteiger charge is 2.47. The summed E-state index contributed by atoms with van der Waals surface area (Å²) in [5.74, 6) is -1.68. The van der Waals surface area contributed by atoms with Crippen molar-refractivity contribution >= 4 is 18.0 Å². The van der Waals surface area contributed by atoms with Crippen molar-refractivity contribution in [1.82, 2.24) is 20.3 Å². The van der Waals surface area contributed by atoms with Crippen molar-refractivity contribution in [1.29, 1.82) is 0 Å². The first-order valence-electron chi connectivity index (χ1n) is 11.2. The summed E-state index contributed by atoms with van der Waals surface area (Å²) in [6, 6.07) is 8.96. The first-order chi connectivity index (χ1) is 15.7. The molecule has 10 nitrogen and oxygen atoms in total. The minimum atomic E-state index is -1.94. The molecule has 34 heavy (non-hydrogen) atoms. The van der Waals surface area contributed by atoms with Gasteiger partial charge in [-0.15, -0.1) is 5.10 Å². The maximum absolute atomic E-state index is 12.7. The van der Waals surface area contributed by atoms with E-state index in [0.717, 1.165) is 10.2 Å². The SMILES string of the molecule is CC(C)(C)OC(=O)C(N)(CCCCNC(=O)n1cc(-c2ccccc2)nn1)C(=O)OC(C)(C)C. The molecule has 1 aromatic heterocycles. The van der Waals surface area contributed by atoms with Crippen molar-refractivity contribution in [2.75, 3.05) is 6.54 Å². The molecule has 10 heteroatoms. The molecular formula is C24H35N5O5. The third kappa shape index (κ3) is 7.95. The molecule has 3 N–H and O–H groups in total. The van der Waals surface area contributed by atoms with Crippen molar-refractivity contribution in [2.24, 2.45) is 5.73 Å². The van der Waals surface area contributed by atoms with E-state index in [4.69, 9.17) is 15.2 Å². The molecule has 186 valence electrons. The summed E-state index contributed by atoms with van der Waals surface area (Å²) in [5, 5.41) is 10.6. The predicted molar refractivity (Wildman–Crippen MR) is 127 cm³/mol. The zero-order valence-electron chi connectivity index (χ0n) is 20.8. The van der Waals surface area contributed by atoms with Gasteiger partial charge in [-0.2, -0.15) is 4.68 Å². The van der Waals surface area contributed by atoms with Crippen LogP contribution in [0.3, 0.4) is 0 Å². The third-order valence-electron chi connectivity index (χ3n) is 4.57. The van der Waals surface area contributed by atoms with Crippen LogP contribution in [0, 0.1) is 0 Å². The van der Waals surface area contributed by atoms with Crippen LogP contribution >= 0.6 is 0 Å². The van der Waals surface area contributed by atoms with Crippen LogP contribution in [0.1, 0.15) is 60.8 Å². The van der Waals surface area contributed by atoms with E-state index in [1.165, 1.54) is 0 Å². The van der Waals surface area contributed by atoms with Crippen molar-refractivity contribution in [2.45, 2.75) is 77.5 Å². The molecule has 1 aromatic carbocycles. The van der Waals surface area contributed by atoms with E-state index in [-0.39, 0.29) is 13.0 Å². The number of nitrogens with one attached hydrogen (secondary N) is 1. The van der Waals surface area contributed by atoms with Crippen LogP contribution < -0.4 is 11.1 Å². The number of ether oxygens (including phenoxy) is 2. The summed E-state index contributed by atoms with van der Waals surface area (Å²) in [6.07, 6.45) is 2.40. The summed E-state index contributed by atoms with van der Waals surface area (Å²) in [4.78, 5) is 37.9. The molecule has 1 heterocycles. The number of esters is 2. The van der Waals surface area contributed by atoms with Gasteiger partial charge in [0, 0.05) is 12.1 Å². The number of hydrogen-bond acceptors (Lipinski definition) is 8. The Morgan fingerprint density at radius 2 is 1.50 bits per heavy atom. The summed E-state index contributed by atoms with van der Waals surface area (Å²) < 4.78 is 11.9. The quantitative estimate of drug-likeness (QED) is 0.339. The first-order valence-corrected chi connectivity index (χ1v) is 11.2. The number of amides is 1. The van der Waals surface area contributed by atoms with Crippen LogP contribution in [0.15, 0.2) is 36.5 Å². The zero-order valence-corrected chi connectivity index (χ0v) is 20.8. The fourth-order valence-corrected chi connectivity index (χ4v) is 2.94. The topological polar surface area (TPSA) is 138 Å². The van der Waals surface area contributed by atoms with Crippen molar-refractivity contribution in [3.05, 3.63) is 36.5 Å². The van der Waals surface area contributed by atoms with Gasteiger partial charge in [0.05, 0.1) is 6.20 Å². The van der Waals surface area contributed by atoms with E-state index < -0.39 is 34.7 Å². The molecule has 0 aliphatic carbocycles. The monoisotopic (exact) mass is 473 g/mol. The molecule has 1 amide bonds. The lowest BCUT2D eigenvalue weighted by Crippen LogP contribution is -2.59. The number of unbranched alkanes of at least 4 members (excludes halogenated alkanes) is 1. The van der Waals surface area contributed by atoms with Gasteiger partial charge < -0.3 is 20.5 Å². The Balaban J connectivity index is 1.92. The van der Waals surface area contributed by atoms with Gasteiger partial charge in [0.15, 0.2) is 0 Å². The van der Waals surface area contributed by atoms with Crippen LogP contribution in [0.2, 0.25) is 0 Å². The molecule has 0 saturated heterocycles. The average molecular weight is 474 g/mol. The Kier molecular flexibility index (Phi) is 8.55. The van der Waals surface area contributed by atoms with Crippen LogP contribution in [-0.2, 0) is 19.1 Å². The Morgan fingerprint density at radius 3 is 2.03 bits per heavy atom. The minimum absolute atomic E-state index is 0.00811. The predicted octanol–water partition coefficient (Wildman–Crippen LogP) is 3.05. The Hall–Kier alpha value is -3.27. The third-order valence-corrected chi connectivity index (χ3v) is 4.57. The minimum Gasteiger partial charge on any atom is -0.458 e. The lowest BCUT2D eigenvalue weighted by Gasteiger charge is -2.32. The molecule has 0 aliphatic rings. The van der Waals surface area contributed by atoms with Crippen LogP contribution in [0.5, 0.6) is 0 Å². The summed E-state index contributed by atoms with van der Waals surface area (Å²) in [6.45, 7) is 10.5. The standard InChI is InChI=1S/C24H35N5O5/c1-22(2,3)33-19(30)24(25,20(31)34-23(4,5)6)14-10-11-15-26-21(32)29-16-18(27-28-29)17-12-8-7-9-13-17/h7-9,12-13,16H,10-11,14-15,25H2,1-6H3,(H,26,32). The Labute approximate surface area is 200 Å². The largest absolute Gasteiger partial charge is 0.458 e. The number of nitrogens with two attached hydrogens (primary N) is 1. The Morgan fingerprint density at radius 1 is 0.941 bits per heavy atom. The van der Waals surface area contributed by atoms with Crippen molar-refractivity contribution < 1.29 is 23.9 Å². The second-order valence-electron chi connectivity index (χ2n) is 10.1. The molecule has 0 saturated carbocycles. The van der Waals surface area contributed by atoms with Gasteiger partial charge in [-0.25, -0.2) is 14.4 Å². The Bertz CT molecular complexity index is 961. The lowest BCUT2D eigenvalue weighted by molar-refractivity contribution is -0.177. The van der Waals surface area contributed by atoms with E-state index in [0.29, 0.717) is 18.5 Å². The molecule has 0 unspecified atom stereocenters. The molecule has 0 radical (unpaired) electrons. The second kappa shape index (κ2) is 10.8. The van der Waals surface area contributed by atoms with E-state index in [1.807, 2.05) is 30.3 Å². The van der Waals surface area contributed by atoms with Crippen LogP contribution in [-0.4, -0.2) is 56.2 Å². The van der Waals surface area contributed by atoms with Crippen molar-refractivity contribution in [3.63, 3.8) is 0 Å². The van der Waals surface area contributed by atoms with Gasteiger partial charge in [-0.3, -0.25) is 0 Å². The molecule has 2 aromatic rings. The summed E-state index contributed by atoms with van der Waals surface area (Å²) in [7, 11) is 0. The fraction of sp³-hybridized carbons (Fsp3) is 0.542. The number of carbonyl (C=O) groups is 3. The van der Waals surface area contributed by atoms with Crippen LogP contribution in [0.25, 0.3) is 11.3 Å². The highest BCUT2D eigenvalue weighted by Crippen LogP contribution is 2.22. The molecule has 0 spiro atoms. The number of hydrogen-bond donors (Lipinski definition) is 2. The maximum atomic E-state index is 12.7. The normalized spacial score (nSPS) is 12.2. The van der Waals surface area contributed by atoms with E-state index >= 15 is 0 Å². The molecule has 0 atom stereocenters. The average Bonchev–Trinajstić information content (AvgIpc) is 3.21. The number of aromatic nitrogens is 3. The highest BCUT2D eigenvalue weighted by molar-refractivity contribution is 6.04. The van der Waals surface area contributed by atoms with E-state index in [9.17, 15) is 14.4 Å². The van der Waals surface area contributed by atoms with Crippen LogP contribution in [0.4, 0.5) is 4.79 Å². The first kappa shape index (κ1) is 27.0. The smallest absolute Gasteiger partial charge is 0.343 e. The molecule has 0 fully saturated rings. The number of benzene rings is 1. The number of nitrogens with zero attached hydrogens (tertiary/aromatic N) is 3. The lowest BCUT2D eigenvalue weighted by atomic mass is 9.93. The van der Waals surface area contributed by atoms with Crippen molar-refractivity contribution in [3.8, 4) is 11.3 Å². The van der Waals surface area contributed by atoms with E-state index in [1.54, 1.807) is 47.7 Å². The van der Waals surface area contributed by atoms with Gasteiger partial charge in [0.2, 0.25) is 5.54 Å².